The molecule has 0 saturated carbocycles. The molecule has 13 heavy (non-hydrogen) atoms. The van der Waals surface area contributed by atoms with Gasteiger partial charge in [0, 0.05) is 0 Å². The van der Waals surface area contributed by atoms with Crippen molar-refractivity contribution in [2.24, 2.45) is 0 Å². The van der Waals surface area contributed by atoms with Crippen LogP contribution < -0.4 is 5.73 Å². The normalized spacial score (nSPS) is 10.2. The molecule has 2 heterocycles. The maximum absolute atomic E-state index is 5.68. The number of nitrogens with zero attached hydrogens (tertiary/aromatic N) is 4. The molecule has 0 amide bonds. The summed E-state index contributed by atoms with van der Waals surface area (Å²) in [7, 11) is 0. The van der Waals surface area contributed by atoms with E-state index < -0.39 is 0 Å². The number of hydrogen-bond donors (Lipinski definition) is 1. The summed E-state index contributed by atoms with van der Waals surface area (Å²) in [6.07, 6.45) is 6.30. The van der Waals surface area contributed by atoms with Gasteiger partial charge in [-0.2, -0.15) is 5.10 Å². The van der Waals surface area contributed by atoms with Gasteiger partial charge in [-0.05, 0) is 0 Å². The van der Waals surface area contributed by atoms with Crippen molar-refractivity contribution in [1.82, 2.24) is 19.7 Å². The van der Waals surface area contributed by atoms with E-state index in [9.17, 15) is 0 Å². The van der Waals surface area contributed by atoms with Crippen LogP contribution in [0, 0.1) is 0 Å². The highest BCUT2D eigenvalue weighted by molar-refractivity contribution is 6.31. The Morgan fingerprint density at radius 3 is 2.54 bits per heavy atom. The number of halogens is 1. The average molecular weight is 196 g/mol. The molecule has 0 aliphatic carbocycles. The minimum Gasteiger partial charge on any atom is -0.395 e. The van der Waals surface area contributed by atoms with E-state index in [2.05, 4.69) is 15.1 Å². The van der Waals surface area contributed by atoms with Crippen molar-refractivity contribution >= 4 is 17.3 Å². The smallest absolute Gasteiger partial charge is 0.174 e. The number of anilines is 1. The molecule has 0 unspecified atom stereocenters. The molecule has 2 rings (SSSR count). The first-order valence-electron chi connectivity index (χ1n) is 3.53. The van der Waals surface area contributed by atoms with E-state index in [1.54, 1.807) is 18.6 Å². The zero-order chi connectivity index (χ0) is 9.26. The summed E-state index contributed by atoms with van der Waals surface area (Å²) >= 11 is 5.68. The van der Waals surface area contributed by atoms with Crippen LogP contribution in [0.4, 0.5) is 5.69 Å². The van der Waals surface area contributed by atoms with Crippen molar-refractivity contribution in [2.75, 3.05) is 5.73 Å². The molecule has 0 fully saturated rings. The van der Waals surface area contributed by atoms with Crippen molar-refractivity contribution < 1.29 is 0 Å². The van der Waals surface area contributed by atoms with Gasteiger partial charge in [-0.15, -0.1) is 0 Å². The lowest BCUT2D eigenvalue weighted by Crippen LogP contribution is -1.95. The van der Waals surface area contributed by atoms with E-state index in [1.807, 2.05) is 0 Å². The first kappa shape index (κ1) is 8.00. The van der Waals surface area contributed by atoms with Crippen LogP contribution in [-0.2, 0) is 0 Å². The van der Waals surface area contributed by atoms with Gasteiger partial charge in [0.15, 0.2) is 5.15 Å². The van der Waals surface area contributed by atoms with E-state index in [0.717, 1.165) is 5.69 Å². The Morgan fingerprint density at radius 2 is 2.00 bits per heavy atom. The zero-order valence-corrected chi connectivity index (χ0v) is 7.31. The lowest BCUT2D eigenvalue weighted by atomic mass is 10.5. The second-order valence-electron chi connectivity index (χ2n) is 2.42. The van der Waals surface area contributed by atoms with Crippen LogP contribution in [0.5, 0.6) is 0 Å². The molecule has 0 radical (unpaired) electrons. The van der Waals surface area contributed by atoms with Gasteiger partial charge in [-0.25, -0.2) is 14.6 Å². The predicted molar refractivity (Wildman–Crippen MR) is 48.6 cm³/mol. The third-order valence-electron chi connectivity index (χ3n) is 1.51. The molecule has 0 aliphatic heterocycles. The summed E-state index contributed by atoms with van der Waals surface area (Å²) < 4.78 is 1.53. The summed E-state index contributed by atoms with van der Waals surface area (Å²) in [6, 6.07) is 0. The van der Waals surface area contributed by atoms with Crippen LogP contribution in [0.1, 0.15) is 0 Å². The van der Waals surface area contributed by atoms with E-state index >= 15 is 0 Å². The van der Waals surface area contributed by atoms with Crippen LogP contribution in [-0.4, -0.2) is 19.7 Å². The highest BCUT2D eigenvalue weighted by Gasteiger charge is 2.03. The Labute approximate surface area is 79.2 Å². The molecule has 0 bridgehead atoms. The summed E-state index contributed by atoms with van der Waals surface area (Å²) in [5.74, 6) is 0. The SMILES string of the molecule is Nc1cn(-c2cncnc2)nc1Cl. The average Bonchev–Trinajstić information content (AvgIpc) is 2.49. The Morgan fingerprint density at radius 1 is 1.31 bits per heavy atom. The molecule has 0 aliphatic rings. The largest absolute Gasteiger partial charge is 0.395 e. The lowest BCUT2D eigenvalue weighted by molar-refractivity contribution is 0.864. The molecule has 2 N–H and O–H groups in total. The standard InChI is InChI=1S/C7H6ClN5/c8-7-6(9)3-13(12-7)5-1-10-4-11-2-5/h1-4H,9H2. The number of nitrogens with two attached hydrogens (primary N) is 1. The van der Waals surface area contributed by atoms with Crippen molar-refractivity contribution in [3.63, 3.8) is 0 Å². The molecule has 0 atom stereocenters. The number of aromatic nitrogens is 4. The fourth-order valence-electron chi connectivity index (χ4n) is 0.908. The third kappa shape index (κ3) is 1.46. The molecular formula is C7H6ClN5. The van der Waals surface area contributed by atoms with Crippen molar-refractivity contribution in [1.29, 1.82) is 0 Å². The van der Waals surface area contributed by atoms with E-state index in [0.29, 0.717) is 5.69 Å². The molecule has 6 heteroatoms. The number of rotatable bonds is 1. The van der Waals surface area contributed by atoms with E-state index in [-0.39, 0.29) is 5.15 Å². The van der Waals surface area contributed by atoms with Gasteiger partial charge in [0.1, 0.15) is 12.0 Å². The van der Waals surface area contributed by atoms with Crippen molar-refractivity contribution in [2.45, 2.75) is 0 Å². The Bertz CT molecular complexity index is 391. The quantitative estimate of drug-likeness (QED) is 0.734. The van der Waals surface area contributed by atoms with E-state index in [1.165, 1.54) is 11.0 Å². The van der Waals surface area contributed by atoms with Crippen molar-refractivity contribution in [3.8, 4) is 5.69 Å². The van der Waals surface area contributed by atoms with Gasteiger partial charge in [-0.1, -0.05) is 11.6 Å². The summed E-state index contributed by atoms with van der Waals surface area (Å²) in [5.41, 5.74) is 6.68. The molecule has 2 aromatic heterocycles. The van der Waals surface area contributed by atoms with Gasteiger partial charge in [-0.3, -0.25) is 0 Å². The lowest BCUT2D eigenvalue weighted by Gasteiger charge is -1.96. The maximum Gasteiger partial charge on any atom is 0.174 e. The zero-order valence-electron chi connectivity index (χ0n) is 6.55. The molecule has 0 aromatic carbocycles. The molecule has 66 valence electrons. The first-order valence-corrected chi connectivity index (χ1v) is 3.91. The van der Waals surface area contributed by atoms with Crippen LogP contribution in [0.15, 0.2) is 24.9 Å². The molecule has 2 aromatic rings. The summed E-state index contributed by atoms with van der Waals surface area (Å²) in [4.78, 5) is 7.69. The summed E-state index contributed by atoms with van der Waals surface area (Å²) in [5, 5.41) is 4.24. The third-order valence-corrected chi connectivity index (χ3v) is 1.80. The maximum atomic E-state index is 5.68. The second-order valence-corrected chi connectivity index (χ2v) is 2.77. The van der Waals surface area contributed by atoms with Gasteiger partial charge in [0.2, 0.25) is 0 Å². The topological polar surface area (TPSA) is 69.6 Å². The monoisotopic (exact) mass is 195 g/mol. The highest BCUT2D eigenvalue weighted by Crippen LogP contribution is 2.17. The number of hydrogen-bond acceptors (Lipinski definition) is 4. The molecule has 0 spiro atoms. The van der Waals surface area contributed by atoms with Gasteiger partial charge >= 0.3 is 0 Å². The van der Waals surface area contributed by atoms with Crippen LogP contribution in [0.2, 0.25) is 5.15 Å². The predicted octanol–water partition coefficient (Wildman–Crippen LogP) is 0.898. The van der Waals surface area contributed by atoms with Crippen molar-refractivity contribution in [3.05, 3.63) is 30.1 Å². The van der Waals surface area contributed by atoms with Gasteiger partial charge < -0.3 is 5.73 Å². The van der Waals surface area contributed by atoms with Gasteiger partial charge in [0.05, 0.1) is 24.3 Å². The minimum absolute atomic E-state index is 0.281. The van der Waals surface area contributed by atoms with Crippen LogP contribution in [0.25, 0.3) is 5.69 Å². The minimum atomic E-state index is 0.281. The highest BCUT2D eigenvalue weighted by atomic mass is 35.5. The molecular weight excluding hydrogens is 190 g/mol. The Kier molecular flexibility index (Phi) is 1.86. The van der Waals surface area contributed by atoms with Crippen LogP contribution >= 0.6 is 11.6 Å². The first-order chi connectivity index (χ1) is 6.27. The fraction of sp³-hybridized carbons (Fsp3) is 0. The summed E-state index contributed by atoms with van der Waals surface area (Å²) in [6.45, 7) is 0. The second kappa shape index (κ2) is 3.02. The van der Waals surface area contributed by atoms with Crippen LogP contribution in [0.3, 0.4) is 0 Å². The Balaban J connectivity index is 2.48. The molecule has 0 saturated heterocycles. The van der Waals surface area contributed by atoms with Gasteiger partial charge in [0.25, 0.3) is 0 Å². The Hall–Kier alpha value is -1.62. The molecule has 5 nitrogen and oxygen atoms in total. The number of nitrogen functional groups attached to an aromatic ring is 1. The fourth-order valence-corrected chi connectivity index (χ4v) is 1.04. The van der Waals surface area contributed by atoms with E-state index in [4.69, 9.17) is 17.3 Å².